The fourth-order valence-corrected chi connectivity index (χ4v) is 6.62. The highest BCUT2D eigenvalue weighted by atomic mass is 127. The van der Waals surface area contributed by atoms with Gasteiger partial charge in [-0.1, -0.05) is 36.4 Å². The monoisotopic (exact) mass is 695 g/mol. The van der Waals surface area contributed by atoms with E-state index < -0.39 is 0 Å². The summed E-state index contributed by atoms with van der Waals surface area (Å²) in [5.41, 5.74) is 0. The Balaban J connectivity index is 1.56. The Kier molecular flexibility index (Phi) is 9.16. The first-order valence-electron chi connectivity index (χ1n) is 10.9. The molecule has 0 amide bonds. The van der Waals surface area contributed by atoms with E-state index in [4.69, 9.17) is 14.2 Å². The summed E-state index contributed by atoms with van der Waals surface area (Å²) in [6.45, 7) is 4.47. The number of benzene rings is 4. The van der Waals surface area contributed by atoms with Crippen molar-refractivity contribution in [1.82, 2.24) is 0 Å². The largest absolute Gasteiger partial charge is 0.464 e. The molecule has 0 spiro atoms. The Bertz CT molecular complexity index is 1160. The van der Waals surface area contributed by atoms with Gasteiger partial charge >= 0.3 is 0 Å². The molecule has 3 nitrogen and oxygen atoms in total. The Morgan fingerprint density at radius 1 is 0.706 bits per heavy atom. The lowest BCUT2D eigenvalue weighted by atomic mass is 10.3. The van der Waals surface area contributed by atoms with Crippen LogP contribution in [0.3, 0.4) is 0 Å². The minimum atomic E-state index is -0.295. The Hall–Kier alpha value is -1.75. The summed E-state index contributed by atoms with van der Waals surface area (Å²) >= 11 is 4.55. The van der Waals surface area contributed by atoms with Crippen LogP contribution in [0.1, 0.15) is 13.8 Å². The summed E-state index contributed by atoms with van der Waals surface area (Å²) in [5.74, 6) is 2.40. The van der Waals surface area contributed by atoms with Gasteiger partial charge in [0.2, 0.25) is 0 Å². The first kappa shape index (κ1) is 25.3. The van der Waals surface area contributed by atoms with Crippen molar-refractivity contribution in [3.63, 3.8) is 0 Å². The highest BCUT2D eigenvalue weighted by molar-refractivity contribution is 14.1. The molecular weight excluding hydrogens is 670 g/mol. The van der Waals surface area contributed by atoms with Crippen molar-refractivity contribution in [2.75, 3.05) is 6.61 Å². The molecule has 0 saturated carbocycles. The molecule has 0 heterocycles. The number of rotatable bonds is 9. The third-order valence-electron chi connectivity index (χ3n) is 4.93. The van der Waals surface area contributed by atoms with Crippen LogP contribution in [-0.2, 0) is 15.6 Å². The van der Waals surface area contributed by atoms with E-state index in [1.807, 2.05) is 38.1 Å². The van der Waals surface area contributed by atoms with Gasteiger partial charge in [0.15, 0.2) is 21.0 Å². The molecule has 0 aliphatic heterocycles. The van der Waals surface area contributed by atoms with Crippen LogP contribution in [0.2, 0.25) is 0 Å². The first-order chi connectivity index (χ1) is 16.5. The normalized spacial score (nSPS) is 11.9. The van der Waals surface area contributed by atoms with Crippen LogP contribution >= 0.6 is 45.2 Å². The van der Waals surface area contributed by atoms with Gasteiger partial charge in [0.1, 0.15) is 17.2 Å². The summed E-state index contributed by atoms with van der Waals surface area (Å²) in [4.78, 5) is 3.84. The highest BCUT2D eigenvalue weighted by Crippen LogP contribution is 2.36. The summed E-state index contributed by atoms with van der Waals surface area (Å²) < 4.78 is 19.6. The van der Waals surface area contributed by atoms with Crippen molar-refractivity contribution in [3.8, 4) is 17.2 Å². The van der Waals surface area contributed by atoms with Crippen molar-refractivity contribution in [2.24, 2.45) is 0 Å². The zero-order chi connectivity index (χ0) is 23.9. The Morgan fingerprint density at radius 3 is 1.76 bits per heavy atom. The molecule has 4 rings (SSSR count). The summed E-state index contributed by atoms with van der Waals surface area (Å²) in [6.07, 6.45) is -0.295. The molecule has 0 radical (unpaired) electrons. The number of ether oxygens (including phenoxy) is 3. The maximum Gasteiger partial charge on any atom is 0.197 e. The topological polar surface area (TPSA) is 27.7 Å². The molecule has 1 unspecified atom stereocenters. The van der Waals surface area contributed by atoms with Crippen LogP contribution < -0.4 is 9.47 Å². The third-order valence-corrected chi connectivity index (χ3v) is 8.84. The standard InChI is InChI=1S/C28H25I2O3S/c1-3-31-20(2)32-27-18-26(30)28(19-25(27)29)33-21-14-16-24(17-15-21)34(22-10-6-4-7-11-22)23-12-8-5-9-13-23/h4-20H,3H2,1-2H3/q+1. The van der Waals surface area contributed by atoms with Crippen LogP contribution in [0, 0.1) is 7.14 Å². The van der Waals surface area contributed by atoms with E-state index in [0.29, 0.717) is 6.61 Å². The molecule has 4 aromatic rings. The van der Waals surface area contributed by atoms with Gasteiger partial charge in [0.05, 0.1) is 18.0 Å². The SMILES string of the molecule is CCOC(C)Oc1cc(I)c(Oc2ccc([S+](c3ccccc3)c3ccccc3)cc2)cc1I. The fraction of sp³-hybridized carbons (Fsp3) is 0.143. The molecule has 34 heavy (non-hydrogen) atoms. The minimum Gasteiger partial charge on any atom is -0.464 e. The van der Waals surface area contributed by atoms with Gasteiger partial charge in [-0.25, -0.2) is 0 Å². The molecule has 174 valence electrons. The zero-order valence-electron chi connectivity index (χ0n) is 18.9. The van der Waals surface area contributed by atoms with Crippen LogP contribution in [0.5, 0.6) is 17.2 Å². The second-order valence-electron chi connectivity index (χ2n) is 7.36. The summed E-state index contributed by atoms with van der Waals surface area (Å²) in [6, 6.07) is 33.7. The number of halogens is 2. The molecule has 4 aromatic carbocycles. The minimum absolute atomic E-state index is 0.175. The second-order valence-corrected chi connectivity index (χ2v) is 11.7. The maximum atomic E-state index is 6.25. The quantitative estimate of drug-likeness (QED) is 0.0999. The fourth-order valence-electron chi connectivity index (χ4n) is 3.42. The van der Waals surface area contributed by atoms with Crippen molar-refractivity contribution in [2.45, 2.75) is 34.8 Å². The molecule has 0 fully saturated rings. The van der Waals surface area contributed by atoms with Crippen molar-refractivity contribution in [3.05, 3.63) is 104 Å². The third kappa shape index (κ3) is 6.47. The van der Waals surface area contributed by atoms with Crippen LogP contribution in [-0.4, -0.2) is 12.9 Å². The highest BCUT2D eigenvalue weighted by Gasteiger charge is 2.28. The second kappa shape index (κ2) is 12.3. The molecule has 6 heteroatoms. The van der Waals surface area contributed by atoms with Crippen LogP contribution in [0.15, 0.2) is 112 Å². The summed E-state index contributed by atoms with van der Waals surface area (Å²) in [7, 11) is -0.175. The molecule has 0 aromatic heterocycles. The van der Waals surface area contributed by atoms with Crippen LogP contribution in [0.25, 0.3) is 0 Å². The molecule has 0 bridgehead atoms. The van der Waals surface area contributed by atoms with Gasteiger partial charge in [-0.05, 0) is 120 Å². The van der Waals surface area contributed by atoms with E-state index in [-0.39, 0.29) is 17.2 Å². The zero-order valence-corrected chi connectivity index (χ0v) is 24.0. The Labute approximate surface area is 231 Å². The smallest absolute Gasteiger partial charge is 0.197 e. The predicted octanol–water partition coefficient (Wildman–Crippen LogP) is 8.54. The van der Waals surface area contributed by atoms with E-state index in [9.17, 15) is 0 Å². The average molecular weight is 695 g/mol. The van der Waals surface area contributed by atoms with E-state index in [2.05, 4.69) is 118 Å². The predicted molar refractivity (Wildman–Crippen MR) is 155 cm³/mol. The number of hydrogen-bond acceptors (Lipinski definition) is 3. The molecule has 1 atom stereocenters. The molecule has 0 aliphatic carbocycles. The van der Waals surface area contributed by atoms with E-state index in [1.54, 1.807) is 0 Å². The molecule has 0 saturated heterocycles. The van der Waals surface area contributed by atoms with Crippen molar-refractivity contribution >= 4 is 56.1 Å². The van der Waals surface area contributed by atoms with Gasteiger partial charge in [0.25, 0.3) is 0 Å². The maximum absolute atomic E-state index is 6.25. The molecular formula is C28H25I2O3S+. The molecule has 0 aliphatic rings. The van der Waals surface area contributed by atoms with E-state index >= 15 is 0 Å². The Morgan fingerprint density at radius 2 is 1.21 bits per heavy atom. The lowest BCUT2D eigenvalue weighted by Gasteiger charge is -2.17. The van der Waals surface area contributed by atoms with Gasteiger partial charge in [-0.2, -0.15) is 0 Å². The average Bonchev–Trinajstić information content (AvgIpc) is 2.85. The number of hydrogen-bond donors (Lipinski definition) is 0. The lowest BCUT2D eigenvalue weighted by molar-refractivity contribution is -0.0618. The van der Waals surface area contributed by atoms with Gasteiger partial charge in [0, 0.05) is 6.61 Å². The van der Waals surface area contributed by atoms with E-state index in [0.717, 1.165) is 24.4 Å². The molecule has 0 N–H and O–H groups in total. The van der Waals surface area contributed by atoms with E-state index in [1.165, 1.54) is 14.7 Å². The van der Waals surface area contributed by atoms with Gasteiger partial charge in [-0.15, -0.1) is 0 Å². The van der Waals surface area contributed by atoms with Crippen LogP contribution in [0.4, 0.5) is 0 Å². The van der Waals surface area contributed by atoms with Gasteiger partial charge < -0.3 is 14.2 Å². The van der Waals surface area contributed by atoms with Crippen molar-refractivity contribution < 1.29 is 14.2 Å². The van der Waals surface area contributed by atoms with Crippen molar-refractivity contribution in [1.29, 1.82) is 0 Å². The van der Waals surface area contributed by atoms with Gasteiger partial charge in [-0.3, -0.25) is 0 Å². The summed E-state index contributed by atoms with van der Waals surface area (Å²) in [5, 5.41) is 0. The lowest BCUT2D eigenvalue weighted by Crippen LogP contribution is -2.16. The first-order valence-corrected chi connectivity index (χ1v) is 14.3.